The van der Waals surface area contributed by atoms with Gasteiger partial charge in [-0.05, 0) is 43.0 Å². The summed E-state index contributed by atoms with van der Waals surface area (Å²) >= 11 is 12.0. The fourth-order valence-electron chi connectivity index (χ4n) is 2.55. The van der Waals surface area contributed by atoms with Crippen LogP contribution in [-0.2, 0) is 6.42 Å². The van der Waals surface area contributed by atoms with Crippen molar-refractivity contribution in [3.05, 3.63) is 33.8 Å². The van der Waals surface area contributed by atoms with Crippen molar-refractivity contribution in [2.45, 2.75) is 44.1 Å². The Labute approximate surface area is 107 Å². The van der Waals surface area contributed by atoms with E-state index >= 15 is 0 Å². The standard InChI is InChI=1S/C13H17Cl2N/c14-11-6-10(7-12(15)8-11)9-13(16)4-2-1-3-5-13/h6-8H,1-5,9,16H2. The first-order valence-electron chi connectivity index (χ1n) is 5.81. The second-order valence-corrected chi connectivity index (χ2v) is 5.75. The van der Waals surface area contributed by atoms with E-state index in [1.807, 2.05) is 12.1 Å². The van der Waals surface area contributed by atoms with E-state index in [1.54, 1.807) is 6.07 Å². The largest absolute Gasteiger partial charge is 0.325 e. The summed E-state index contributed by atoms with van der Waals surface area (Å²) in [6, 6.07) is 5.70. The molecule has 1 nitrogen and oxygen atoms in total. The molecule has 0 saturated heterocycles. The number of hydrogen-bond donors (Lipinski definition) is 1. The average Bonchev–Trinajstić information content (AvgIpc) is 2.15. The summed E-state index contributed by atoms with van der Waals surface area (Å²) in [5, 5.41) is 1.39. The van der Waals surface area contributed by atoms with E-state index in [0.717, 1.165) is 24.8 Å². The average molecular weight is 258 g/mol. The molecule has 0 radical (unpaired) electrons. The minimum atomic E-state index is -0.0493. The molecule has 0 spiro atoms. The van der Waals surface area contributed by atoms with Crippen LogP contribution in [0.2, 0.25) is 10.0 Å². The van der Waals surface area contributed by atoms with Crippen LogP contribution in [0, 0.1) is 0 Å². The van der Waals surface area contributed by atoms with Crippen molar-refractivity contribution in [1.29, 1.82) is 0 Å². The molecule has 0 bridgehead atoms. The Hall–Kier alpha value is -0.240. The van der Waals surface area contributed by atoms with E-state index < -0.39 is 0 Å². The Morgan fingerprint density at radius 2 is 1.56 bits per heavy atom. The van der Waals surface area contributed by atoms with Gasteiger partial charge in [-0.25, -0.2) is 0 Å². The molecule has 2 rings (SSSR count). The van der Waals surface area contributed by atoms with Crippen LogP contribution in [0.15, 0.2) is 18.2 Å². The summed E-state index contributed by atoms with van der Waals surface area (Å²) in [6.07, 6.45) is 6.90. The third-order valence-electron chi connectivity index (χ3n) is 3.33. The Kier molecular flexibility index (Phi) is 3.78. The maximum atomic E-state index is 6.41. The van der Waals surface area contributed by atoms with E-state index in [1.165, 1.54) is 19.3 Å². The molecule has 88 valence electrons. The van der Waals surface area contributed by atoms with Crippen LogP contribution in [0.3, 0.4) is 0 Å². The van der Waals surface area contributed by atoms with Crippen LogP contribution in [-0.4, -0.2) is 5.54 Å². The summed E-state index contributed by atoms with van der Waals surface area (Å²) in [5.74, 6) is 0. The minimum Gasteiger partial charge on any atom is -0.325 e. The second-order valence-electron chi connectivity index (χ2n) is 4.88. The van der Waals surface area contributed by atoms with Crippen molar-refractivity contribution in [3.8, 4) is 0 Å². The van der Waals surface area contributed by atoms with Gasteiger partial charge in [0.2, 0.25) is 0 Å². The van der Waals surface area contributed by atoms with Gasteiger partial charge in [0.05, 0.1) is 0 Å². The molecular weight excluding hydrogens is 241 g/mol. The van der Waals surface area contributed by atoms with Crippen molar-refractivity contribution in [2.75, 3.05) is 0 Å². The Morgan fingerprint density at radius 3 is 2.12 bits per heavy atom. The molecule has 2 N–H and O–H groups in total. The number of rotatable bonds is 2. The third kappa shape index (κ3) is 3.13. The molecule has 16 heavy (non-hydrogen) atoms. The zero-order valence-electron chi connectivity index (χ0n) is 9.31. The first-order chi connectivity index (χ1) is 7.57. The van der Waals surface area contributed by atoms with Gasteiger partial charge in [0.25, 0.3) is 0 Å². The lowest BCUT2D eigenvalue weighted by atomic mass is 9.78. The minimum absolute atomic E-state index is 0.0493. The van der Waals surface area contributed by atoms with Crippen molar-refractivity contribution in [1.82, 2.24) is 0 Å². The number of halogens is 2. The van der Waals surface area contributed by atoms with Crippen molar-refractivity contribution >= 4 is 23.2 Å². The monoisotopic (exact) mass is 257 g/mol. The van der Waals surface area contributed by atoms with Crippen molar-refractivity contribution in [2.24, 2.45) is 5.73 Å². The highest BCUT2D eigenvalue weighted by molar-refractivity contribution is 6.34. The van der Waals surface area contributed by atoms with Gasteiger partial charge in [-0.1, -0.05) is 42.5 Å². The SMILES string of the molecule is NC1(Cc2cc(Cl)cc(Cl)c2)CCCCC1. The normalized spacial score (nSPS) is 19.7. The molecule has 1 aliphatic rings. The van der Waals surface area contributed by atoms with Crippen LogP contribution in [0.1, 0.15) is 37.7 Å². The number of hydrogen-bond acceptors (Lipinski definition) is 1. The molecule has 1 aromatic rings. The summed E-state index contributed by atoms with van der Waals surface area (Å²) < 4.78 is 0. The predicted molar refractivity (Wildman–Crippen MR) is 70.2 cm³/mol. The number of benzene rings is 1. The second kappa shape index (κ2) is 4.95. The molecule has 0 aromatic heterocycles. The third-order valence-corrected chi connectivity index (χ3v) is 3.76. The van der Waals surface area contributed by atoms with E-state index in [0.29, 0.717) is 10.0 Å². The quantitative estimate of drug-likeness (QED) is 0.845. The summed E-state index contributed by atoms with van der Waals surface area (Å²) in [6.45, 7) is 0. The van der Waals surface area contributed by atoms with Gasteiger partial charge in [-0.3, -0.25) is 0 Å². The number of nitrogens with two attached hydrogens (primary N) is 1. The van der Waals surface area contributed by atoms with Crippen LogP contribution < -0.4 is 5.73 Å². The summed E-state index contributed by atoms with van der Waals surface area (Å²) in [4.78, 5) is 0. The van der Waals surface area contributed by atoms with Gasteiger partial charge in [0, 0.05) is 15.6 Å². The van der Waals surface area contributed by atoms with E-state index in [4.69, 9.17) is 28.9 Å². The Bertz CT molecular complexity index is 350. The van der Waals surface area contributed by atoms with Crippen molar-refractivity contribution in [3.63, 3.8) is 0 Å². The maximum absolute atomic E-state index is 6.41. The van der Waals surface area contributed by atoms with Gasteiger partial charge < -0.3 is 5.73 Å². The van der Waals surface area contributed by atoms with Gasteiger partial charge in [0.1, 0.15) is 0 Å². The highest BCUT2D eigenvalue weighted by Gasteiger charge is 2.27. The van der Waals surface area contributed by atoms with Gasteiger partial charge in [-0.15, -0.1) is 0 Å². The first kappa shape index (κ1) is 12.2. The molecule has 0 atom stereocenters. The van der Waals surface area contributed by atoms with Crippen LogP contribution in [0.25, 0.3) is 0 Å². The van der Waals surface area contributed by atoms with Gasteiger partial charge >= 0.3 is 0 Å². The Morgan fingerprint density at radius 1 is 1.00 bits per heavy atom. The fraction of sp³-hybridized carbons (Fsp3) is 0.538. The summed E-state index contributed by atoms with van der Waals surface area (Å²) in [5.41, 5.74) is 7.51. The molecule has 3 heteroatoms. The predicted octanol–water partition coefficient (Wildman–Crippen LogP) is 4.20. The van der Waals surface area contributed by atoms with E-state index in [2.05, 4.69) is 0 Å². The molecule has 0 heterocycles. The van der Waals surface area contributed by atoms with E-state index in [9.17, 15) is 0 Å². The zero-order valence-corrected chi connectivity index (χ0v) is 10.8. The zero-order chi connectivity index (χ0) is 11.6. The van der Waals surface area contributed by atoms with Crippen molar-refractivity contribution < 1.29 is 0 Å². The van der Waals surface area contributed by atoms with E-state index in [-0.39, 0.29) is 5.54 Å². The molecular formula is C13H17Cl2N. The molecule has 0 amide bonds. The van der Waals surface area contributed by atoms with Gasteiger partial charge in [0.15, 0.2) is 0 Å². The Balaban J connectivity index is 2.13. The molecule has 1 aliphatic carbocycles. The molecule has 0 unspecified atom stereocenters. The highest BCUT2D eigenvalue weighted by Crippen LogP contribution is 2.30. The lowest BCUT2D eigenvalue weighted by Gasteiger charge is -2.33. The molecule has 0 aliphatic heterocycles. The molecule has 1 fully saturated rings. The molecule has 1 saturated carbocycles. The topological polar surface area (TPSA) is 26.0 Å². The fourth-order valence-corrected chi connectivity index (χ4v) is 3.12. The van der Waals surface area contributed by atoms with Crippen LogP contribution in [0.4, 0.5) is 0 Å². The van der Waals surface area contributed by atoms with Crippen LogP contribution >= 0.6 is 23.2 Å². The smallest absolute Gasteiger partial charge is 0.0423 e. The molecule has 1 aromatic carbocycles. The van der Waals surface area contributed by atoms with Crippen LogP contribution in [0.5, 0.6) is 0 Å². The van der Waals surface area contributed by atoms with Gasteiger partial charge in [-0.2, -0.15) is 0 Å². The first-order valence-corrected chi connectivity index (χ1v) is 6.57. The summed E-state index contributed by atoms with van der Waals surface area (Å²) in [7, 11) is 0. The lowest BCUT2D eigenvalue weighted by molar-refractivity contribution is 0.294. The lowest BCUT2D eigenvalue weighted by Crippen LogP contribution is -2.43. The highest BCUT2D eigenvalue weighted by atomic mass is 35.5. The maximum Gasteiger partial charge on any atom is 0.0423 e.